The highest BCUT2D eigenvalue weighted by molar-refractivity contribution is 6.03. The third-order valence-electron chi connectivity index (χ3n) is 3.98. The van der Waals surface area contributed by atoms with E-state index in [0.29, 0.717) is 31.0 Å². The van der Waals surface area contributed by atoms with Gasteiger partial charge in [-0.05, 0) is 24.6 Å². The maximum absolute atomic E-state index is 12.7. The van der Waals surface area contributed by atoms with Crippen LogP contribution in [0.3, 0.4) is 0 Å². The molecule has 0 spiro atoms. The van der Waals surface area contributed by atoms with E-state index in [4.69, 9.17) is 9.57 Å². The number of hydrogen-bond donors (Lipinski definition) is 2. The summed E-state index contributed by atoms with van der Waals surface area (Å²) in [5.41, 5.74) is 2.33. The number of amides is 3. The zero-order chi connectivity index (χ0) is 19.6. The van der Waals surface area contributed by atoms with E-state index in [9.17, 15) is 9.59 Å². The molecule has 2 rings (SSSR count). The smallest absolute Gasteiger partial charge is 0.322 e. The number of hydrogen-bond acceptors (Lipinski definition) is 5. The van der Waals surface area contributed by atoms with Crippen LogP contribution in [0.15, 0.2) is 42.1 Å². The van der Waals surface area contributed by atoms with Gasteiger partial charge in [-0.2, -0.15) is 0 Å². The van der Waals surface area contributed by atoms with Crippen molar-refractivity contribution >= 4 is 23.3 Å². The molecule has 0 bridgehead atoms. The highest BCUT2D eigenvalue weighted by Gasteiger charge is 2.38. The Bertz CT molecular complexity index is 705. The molecule has 1 heterocycles. The van der Waals surface area contributed by atoms with Crippen LogP contribution < -0.4 is 10.6 Å². The Morgan fingerprint density at radius 3 is 2.96 bits per heavy atom. The zero-order valence-electron chi connectivity index (χ0n) is 15.7. The molecular weight excluding hydrogens is 348 g/mol. The summed E-state index contributed by atoms with van der Waals surface area (Å²) in [5.74, 6) is -0.250. The molecule has 1 saturated heterocycles. The van der Waals surface area contributed by atoms with Crippen molar-refractivity contribution in [2.75, 3.05) is 38.7 Å². The minimum absolute atomic E-state index is 0.219. The number of nitrogens with zero attached hydrogens (tertiary/aromatic N) is 2. The van der Waals surface area contributed by atoms with E-state index in [0.717, 1.165) is 5.56 Å². The Balaban J connectivity index is 2.09. The van der Waals surface area contributed by atoms with E-state index in [-0.39, 0.29) is 25.1 Å². The molecule has 0 aliphatic carbocycles. The average molecular weight is 374 g/mol. The van der Waals surface area contributed by atoms with Gasteiger partial charge in [0, 0.05) is 25.8 Å². The average Bonchev–Trinajstić information content (AvgIpc) is 3.06. The minimum Gasteiger partial charge on any atom is -0.392 e. The van der Waals surface area contributed by atoms with Gasteiger partial charge < -0.3 is 25.1 Å². The van der Waals surface area contributed by atoms with Crippen molar-refractivity contribution < 1.29 is 19.2 Å². The van der Waals surface area contributed by atoms with Crippen molar-refractivity contribution in [3.05, 3.63) is 42.5 Å². The van der Waals surface area contributed by atoms with Crippen LogP contribution in [0, 0.1) is 6.92 Å². The molecule has 0 unspecified atom stereocenters. The van der Waals surface area contributed by atoms with Crippen molar-refractivity contribution in [3.8, 4) is 0 Å². The standard InChI is InChI=1S/C19H26N4O4/c1-4-9-27-22-16-12-17(18(24)20-8-10-26-3)23(13-16)19(25)21-15-7-5-6-14(2)11-15/h4-7,11,17H,1,8-10,12-13H2,2-3H3,(H,20,24)(H,21,25)/t17-/m0/s1. The number of anilines is 1. The SMILES string of the molecule is C=CCON=C1C[C@@H](C(=O)NCCOC)N(C(=O)Nc2cccc(C)c2)C1. The molecule has 1 aromatic rings. The summed E-state index contributed by atoms with van der Waals surface area (Å²) in [6, 6.07) is 6.46. The number of urea groups is 1. The molecule has 146 valence electrons. The largest absolute Gasteiger partial charge is 0.392 e. The van der Waals surface area contributed by atoms with Crippen LogP contribution in [-0.4, -0.2) is 62.0 Å². The predicted molar refractivity (Wildman–Crippen MR) is 104 cm³/mol. The topological polar surface area (TPSA) is 92.3 Å². The molecule has 3 amide bonds. The van der Waals surface area contributed by atoms with Gasteiger partial charge in [-0.1, -0.05) is 29.9 Å². The Hall–Kier alpha value is -2.87. The van der Waals surface area contributed by atoms with Gasteiger partial charge >= 0.3 is 6.03 Å². The molecule has 0 aromatic heterocycles. The molecule has 0 saturated carbocycles. The Morgan fingerprint density at radius 2 is 2.26 bits per heavy atom. The number of oxime groups is 1. The Labute approximate surface area is 159 Å². The van der Waals surface area contributed by atoms with Crippen molar-refractivity contribution in [1.82, 2.24) is 10.2 Å². The maximum atomic E-state index is 12.7. The molecule has 1 aromatic carbocycles. The number of aryl methyl sites for hydroxylation is 1. The lowest BCUT2D eigenvalue weighted by Gasteiger charge is -2.23. The molecule has 1 atom stereocenters. The number of likely N-dealkylation sites (tertiary alicyclic amines) is 1. The third kappa shape index (κ3) is 6.10. The number of ether oxygens (including phenoxy) is 1. The van der Waals surface area contributed by atoms with Gasteiger partial charge in [-0.15, -0.1) is 0 Å². The highest BCUT2D eigenvalue weighted by atomic mass is 16.6. The van der Waals surface area contributed by atoms with E-state index in [1.807, 2.05) is 25.1 Å². The quantitative estimate of drug-likeness (QED) is 0.413. The van der Waals surface area contributed by atoms with Gasteiger partial charge in [-0.3, -0.25) is 4.79 Å². The molecule has 8 nitrogen and oxygen atoms in total. The molecule has 27 heavy (non-hydrogen) atoms. The van der Waals surface area contributed by atoms with Crippen LogP contribution >= 0.6 is 0 Å². The first-order chi connectivity index (χ1) is 13.0. The van der Waals surface area contributed by atoms with Crippen molar-refractivity contribution in [2.24, 2.45) is 5.16 Å². The molecule has 1 aliphatic heterocycles. The van der Waals surface area contributed by atoms with Crippen LogP contribution in [0.4, 0.5) is 10.5 Å². The maximum Gasteiger partial charge on any atom is 0.322 e. The van der Waals surface area contributed by atoms with Crippen LogP contribution in [0.1, 0.15) is 12.0 Å². The van der Waals surface area contributed by atoms with Gasteiger partial charge in [0.1, 0.15) is 12.6 Å². The first-order valence-electron chi connectivity index (χ1n) is 8.74. The summed E-state index contributed by atoms with van der Waals surface area (Å²) in [7, 11) is 1.56. The van der Waals surface area contributed by atoms with Gasteiger partial charge in [0.05, 0.1) is 18.9 Å². The summed E-state index contributed by atoms with van der Waals surface area (Å²) in [4.78, 5) is 31.8. The number of methoxy groups -OCH3 is 1. The van der Waals surface area contributed by atoms with Gasteiger partial charge in [0.25, 0.3) is 0 Å². The lowest BCUT2D eigenvalue weighted by Crippen LogP contribution is -2.48. The predicted octanol–water partition coefficient (Wildman–Crippen LogP) is 1.92. The van der Waals surface area contributed by atoms with Gasteiger partial charge in [0.15, 0.2) is 0 Å². The van der Waals surface area contributed by atoms with E-state index < -0.39 is 6.04 Å². The summed E-state index contributed by atoms with van der Waals surface area (Å²) in [6.45, 7) is 6.77. The summed E-state index contributed by atoms with van der Waals surface area (Å²) >= 11 is 0. The van der Waals surface area contributed by atoms with Crippen LogP contribution in [-0.2, 0) is 14.4 Å². The molecule has 1 fully saturated rings. The normalized spacial score (nSPS) is 17.6. The third-order valence-corrected chi connectivity index (χ3v) is 3.98. The van der Waals surface area contributed by atoms with Crippen LogP contribution in [0.2, 0.25) is 0 Å². The van der Waals surface area contributed by atoms with Crippen LogP contribution in [0.5, 0.6) is 0 Å². The lowest BCUT2D eigenvalue weighted by molar-refractivity contribution is -0.124. The van der Waals surface area contributed by atoms with Gasteiger partial charge in [0.2, 0.25) is 5.91 Å². The molecule has 1 aliphatic rings. The first-order valence-corrected chi connectivity index (χ1v) is 8.74. The monoisotopic (exact) mass is 374 g/mol. The zero-order valence-corrected chi connectivity index (χ0v) is 15.7. The van der Waals surface area contributed by atoms with Crippen molar-refractivity contribution in [3.63, 3.8) is 0 Å². The lowest BCUT2D eigenvalue weighted by atomic mass is 10.2. The Kier molecular flexibility index (Phi) is 7.81. The minimum atomic E-state index is -0.655. The molecule has 0 radical (unpaired) electrons. The van der Waals surface area contributed by atoms with E-state index in [1.165, 1.54) is 4.90 Å². The number of carbonyl (C=O) groups is 2. The summed E-state index contributed by atoms with van der Waals surface area (Å²) in [6.07, 6.45) is 1.90. The number of rotatable bonds is 8. The number of nitrogens with one attached hydrogen (secondary N) is 2. The number of benzene rings is 1. The molecule has 8 heteroatoms. The second-order valence-corrected chi connectivity index (χ2v) is 6.17. The fraction of sp³-hybridized carbons (Fsp3) is 0.421. The van der Waals surface area contributed by atoms with Gasteiger partial charge in [-0.25, -0.2) is 4.79 Å². The molecule has 2 N–H and O–H groups in total. The number of carbonyl (C=O) groups excluding carboxylic acids is 2. The van der Waals surface area contributed by atoms with Crippen molar-refractivity contribution in [1.29, 1.82) is 0 Å². The fourth-order valence-electron chi connectivity index (χ4n) is 2.71. The fourth-order valence-corrected chi connectivity index (χ4v) is 2.71. The van der Waals surface area contributed by atoms with Crippen LogP contribution in [0.25, 0.3) is 0 Å². The second kappa shape index (κ2) is 10.3. The first kappa shape index (κ1) is 20.4. The van der Waals surface area contributed by atoms with Crippen molar-refractivity contribution in [2.45, 2.75) is 19.4 Å². The van der Waals surface area contributed by atoms with E-state index >= 15 is 0 Å². The van der Waals surface area contributed by atoms with E-state index in [2.05, 4.69) is 22.4 Å². The highest BCUT2D eigenvalue weighted by Crippen LogP contribution is 2.19. The van der Waals surface area contributed by atoms with E-state index in [1.54, 1.807) is 19.3 Å². The Morgan fingerprint density at radius 1 is 1.44 bits per heavy atom. The summed E-state index contributed by atoms with van der Waals surface area (Å²) in [5, 5.41) is 9.62. The molecular formula is C19H26N4O4. The second-order valence-electron chi connectivity index (χ2n) is 6.17. The summed E-state index contributed by atoms with van der Waals surface area (Å²) < 4.78 is 4.95.